The van der Waals surface area contributed by atoms with E-state index >= 15 is 4.57 Å². The largest absolute Gasteiger partial charge is 0.475 e. The molecule has 4 aromatic carbocycles. The van der Waals surface area contributed by atoms with E-state index in [1.165, 1.54) is 0 Å². The lowest BCUT2D eigenvalue weighted by Gasteiger charge is -2.49. The van der Waals surface area contributed by atoms with Gasteiger partial charge in [-0.15, -0.1) is 0 Å². The first-order chi connectivity index (χ1) is 45.1. The quantitative estimate of drug-likeness (QED) is 0.00864. The number of carbonyl (C=O) groups is 5. The fourth-order valence-corrected chi connectivity index (χ4v) is 12.8. The van der Waals surface area contributed by atoms with Gasteiger partial charge in [-0.1, -0.05) is 176 Å². The van der Waals surface area contributed by atoms with Gasteiger partial charge in [0, 0.05) is 17.8 Å². The number of phosphoric acid groups is 1. The van der Waals surface area contributed by atoms with Crippen LogP contribution in [0.25, 0.3) is 10.4 Å². The summed E-state index contributed by atoms with van der Waals surface area (Å²) in [5.41, 5.74) is 14.1. The summed E-state index contributed by atoms with van der Waals surface area (Å²) in [6, 6.07) is 32.1. The Morgan fingerprint density at radius 2 is 1.10 bits per heavy atom. The summed E-state index contributed by atoms with van der Waals surface area (Å²) in [6.07, 6.45) is -14.6. The highest BCUT2D eigenvalue weighted by molar-refractivity contribution is 7.48. The molecule has 3 aliphatic heterocycles. The molecule has 0 aliphatic carbocycles. The fraction of sp³-hybridized carbons (Fsp3) is 0.574. The Morgan fingerprint density at radius 3 is 1.63 bits per heavy atom. The summed E-state index contributed by atoms with van der Waals surface area (Å²) in [5, 5.41) is 6.73. The van der Waals surface area contributed by atoms with Crippen LogP contribution in [-0.4, -0.2) is 131 Å². The Morgan fingerprint density at radius 1 is 0.606 bits per heavy atom. The standard InChI is InChI=1S/C68H93N4O20PSi/c1-11-50(80-39-46-29-21-17-22-30-46)36-58(76)90-65-61(71-72-69)67(92-94(9,10)68(6,7)8)88-54(62(65)81-40-47-31-23-18-24-32-47)44-82-66-60(70-55(73)35-51(12-2)85-56(74)14-4)64(89-59(77)37-52(13-3)86-57(75)15-5)63(53(87-66)43-79-38-45-27-19-16-20-28-45)91-93(78)83-41-48-33-25-26-34-49(48)42-84-93/h16-34,50-54,60-67H,11-15,35-44H2,1-10H3,(H,70,73)/t50-,51-,52-,53?,54?,60?,61?,62-,63-,64-,65-,66-,67-/m1/s1. The molecule has 7 rings (SSSR count). The van der Waals surface area contributed by atoms with Gasteiger partial charge in [-0.05, 0) is 70.7 Å². The first-order valence-electron chi connectivity index (χ1n) is 32.4. The first-order valence-corrected chi connectivity index (χ1v) is 36.7. The smallest absolute Gasteiger partial charge is 0.462 e. The molecule has 1 N–H and O–H groups in total. The number of phosphoric ester groups is 1. The normalized spacial score (nSPS) is 23.8. The molecule has 1 amide bonds. The van der Waals surface area contributed by atoms with E-state index in [9.17, 15) is 29.5 Å². The van der Waals surface area contributed by atoms with Crippen LogP contribution in [0.5, 0.6) is 0 Å². The second-order valence-electron chi connectivity index (χ2n) is 24.8. The predicted octanol–water partition coefficient (Wildman–Crippen LogP) is 12.1. The van der Waals surface area contributed by atoms with Gasteiger partial charge in [0.15, 0.2) is 27.0 Å². The molecule has 3 aliphatic rings. The third kappa shape index (κ3) is 22.3. The number of azide groups is 1. The van der Waals surface area contributed by atoms with E-state index < -0.39 is 150 Å². The molecule has 13 atom stereocenters. The van der Waals surface area contributed by atoms with Gasteiger partial charge in [0.2, 0.25) is 5.91 Å². The minimum absolute atomic E-state index is 0.0234. The maximum absolute atomic E-state index is 15.2. The number of fused-ring (bicyclic) bond motifs is 1. The highest BCUT2D eigenvalue weighted by Gasteiger charge is 2.56. The molecule has 0 spiro atoms. The monoisotopic (exact) mass is 1340 g/mol. The van der Waals surface area contributed by atoms with Gasteiger partial charge in [-0.2, -0.15) is 0 Å². The molecular weight excluding hydrogens is 1250 g/mol. The molecule has 0 bridgehead atoms. The Balaban J connectivity index is 1.35. The minimum atomic E-state index is -4.71. The molecule has 24 nitrogen and oxygen atoms in total. The topological polar surface area (TPSA) is 292 Å². The highest BCUT2D eigenvalue weighted by atomic mass is 31.2. The van der Waals surface area contributed by atoms with Crippen LogP contribution in [0, 0.1) is 0 Å². The molecule has 2 saturated heterocycles. The maximum atomic E-state index is 15.2. The molecular formula is C68H93N4O20PSi. The van der Waals surface area contributed by atoms with Gasteiger partial charge in [0.1, 0.15) is 54.8 Å². The van der Waals surface area contributed by atoms with Gasteiger partial charge in [0.25, 0.3) is 0 Å². The minimum Gasteiger partial charge on any atom is -0.462 e. The number of esters is 4. The molecule has 0 aromatic heterocycles. The number of hydrogen-bond acceptors (Lipinski definition) is 21. The molecule has 0 radical (unpaired) electrons. The highest BCUT2D eigenvalue weighted by Crippen LogP contribution is 2.55. The van der Waals surface area contributed by atoms with Crippen LogP contribution < -0.4 is 5.32 Å². The lowest BCUT2D eigenvalue weighted by Crippen LogP contribution is -2.67. The molecule has 3 heterocycles. The van der Waals surface area contributed by atoms with Crippen molar-refractivity contribution in [2.45, 2.75) is 238 Å². The van der Waals surface area contributed by atoms with Gasteiger partial charge >= 0.3 is 31.7 Å². The Labute approximate surface area is 552 Å². The number of benzene rings is 4. The molecule has 4 aromatic rings. The number of ether oxygens (including phenoxy) is 10. The van der Waals surface area contributed by atoms with Crippen molar-refractivity contribution in [3.05, 3.63) is 154 Å². The zero-order chi connectivity index (χ0) is 67.8. The summed E-state index contributed by atoms with van der Waals surface area (Å²) in [7, 11) is -7.61. The van der Waals surface area contributed by atoms with Crippen molar-refractivity contribution in [1.82, 2.24) is 5.32 Å². The number of hydrogen-bond donors (Lipinski definition) is 1. The third-order valence-corrected chi connectivity index (χ3v) is 22.7. The zero-order valence-corrected chi connectivity index (χ0v) is 57.4. The lowest BCUT2D eigenvalue weighted by atomic mass is 9.95. The Kier molecular flexibility index (Phi) is 29.2. The van der Waals surface area contributed by atoms with Crippen LogP contribution in [-0.2, 0) is 127 Å². The van der Waals surface area contributed by atoms with E-state index in [0.717, 1.165) is 11.1 Å². The lowest BCUT2D eigenvalue weighted by molar-refractivity contribution is -0.301. The van der Waals surface area contributed by atoms with Crippen molar-refractivity contribution in [3.63, 3.8) is 0 Å². The van der Waals surface area contributed by atoms with Crippen LogP contribution >= 0.6 is 7.82 Å². The zero-order valence-electron chi connectivity index (χ0n) is 55.5. The van der Waals surface area contributed by atoms with Crippen molar-refractivity contribution >= 4 is 45.9 Å². The third-order valence-electron chi connectivity index (χ3n) is 16.8. The van der Waals surface area contributed by atoms with E-state index in [2.05, 4.69) is 15.3 Å². The van der Waals surface area contributed by atoms with E-state index in [4.69, 9.17) is 65.4 Å². The maximum Gasteiger partial charge on any atom is 0.475 e. The molecule has 2 fully saturated rings. The molecule has 4 unspecified atom stereocenters. The number of amides is 1. The average molecular weight is 1350 g/mol. The van der Waals surface area contributed by atoms with Crippen molar-refractivity contribution in [2.75, 3.05) is 13.2 Å². The van der Waals surface area contributed by atoms with E-state index in [1.54, 1.807) is 52.0 Å². The predicted molar refractivity (Wildman–Crippen MR) is 346 cm³/mol. The van der Waals surface area contributed by atoms with E-state index in [0.29, 0.717) is 23.1 Å². The van der Waals surface area contributed by atoms with Gasteiger partial charge in [-0.3, -0.25) is 37.5 Å². The van der Waals surface area contributed by atoms with Crippen LogP contribution in [0.4, 0.5) is 0 Å². The number of carbonyl (C=O) groups excluding carboxylic acids is 5. The first kappa shape index (κ1) is 75.0. The van der Waals surface area contributed by atoms with Gasteiger partial charge in [-0.25, -0.2) is 4.57 Å². The molecule has 26 heteroatoms. The second kappa shape index (κ2) is 36.6. The summed E-state index contributed by atoms with van der Waals surface area (Å²) in [4.78, 5) is 72.8. The van der Waals surface area contributed by atoms with Crippen molar-refractivity contribution in [2.24, 2.45) is 5.11 Å². The molecule has 94 heavy (non-hydrogen) atoms. The summed E-state index contributed by atoms with van der Waals surface area (Å²) in [6.45, 7) is 17.5. The van der Waals surface area contributed by atoms with Crippen molar-refractivity contribution in [3.8, 4) is 0 Å². The number of nitrogens with one attached hydrogen (secondary N) is 1. The summed E-state index contributed by atoms with van der Waals surface area (Å²) < 4.78 is 105. The van der Waals surface area contributed by atoms with E-state index in [1.807, 2.05) is 132 Å². The Bertz CT molecular complexity index is 3110. The number of nitrogens with zero attached hydrogens (tertiary/aromatic N) is 3. The van der Waals surface area contributed by atoms with Crippen LogP contribution in [0.2, 0.25) is 18.1 Å². The SMILES string of the molecule is CCC(=O)O[C@H](CC)CC(=O)NC1[C@H](OCC2O[C@H](O[Si](C)(C)C(C)(C)C)C(N=[N+]=[N-])[C@@H](OC(=O)C[C@@H](CC)OCc3ccccc3)[C@@H]2OCc2ccccc2)OC(COCc2ccccc2)[C@@H](OP2(=O)OCc3ccccc3CO2)[C@@H]1OC(=O)C[C@@H](CC)OC(=O)CC. The van der Waals surface area contributed by atoms with E-state index in [-0.39, 0.29) is 71.7 Å². The Hall–Kier alpha value is -6.41. The fourth-order valence-electron chi connectivity index (χ4n) is 10.3. The summed E-state index contributed by atoms with van der Waals surface area (Å²) >= 11 is 0. The summed E-state index contributed by atoms with van der Waals surface area (Å²) in [5.74, 6) is -3.48. The second-order valence-corrected chi connectivity index (χ2v) is 31.2. The van der Waals surface area contributed by atoms with Crippen LogP contribution in [0.3, 0.4) is 0 Å². The number of rotatable bonds is 34. The average Bonchev–Trinajstić information content (AvgIpc) is 0.864. The molecule has 514 valence electrons. The van der Waals surface area contributed by atoms with Crippen molar-refractivity contribution < 1.29 is 93.9 Å². The molecule has 0 saturated carbocycles. The van der Waals surface area contributed by atoms with Crippen molar-refractivity contribution in [1.29, 1.82) is 0 Å². The van der Waals surface area contributed by atoms with Gasteiger partial charge in [0.05, 0.1) is 71.6 Å². The van der Waals surface area contributed by atoms with Gasteiger partial charge < -0.3 is 57.1 Å². The van der Waals surface area contributed by atoms with Crippen LogP contribution in [0.15, 0.2) is 120 Å². The van der Waals surface area contributed by atoms with Crippen LogP contribution in [0.1, 0.15) is 135 Å².